The summed E-state index contributed by atoms with van der Waals surface area (Å²) in [6.45, 7) is 0.359. The van der Waals surface area contributed by atoms with E-state index in [-0.39, 0.29) is 35.9 Å². The Morgan fingerprint density at radius 2 is 1.94 bits per heavy atom. The zero-order valence-corrected chi connectivity index (χ0v) is 12.0. The normalized spacial score (nSPS) is 28.6. The Morgan fingerprint density at radius 3 is 2.39 bits per heavy atom. The number of halogens is 1. The maximum Gasteiger partial charge on any atom is 0.227 e. The number of hydrogen-bond donors (Lipinski definition) is 2. The molecule has 2 aliphatic rings. The summed E-state index contributed by atoms with van der Waals surface area (Å²) in [5.74, 6) is 0.229. The van der Waals surface area contributed by atoms with E-state index in [4.69, 9.17) is 5.73 Å². The van der Waals surface area contributed by atoms with E-state index in [2.05, 4.69) is 5.32 Å². The molecule has 0 aromatic rings. The molecule has 0 spiro atoms. The van der Waals surface area contributed by atoms with Crippen molar-refractivity contribution in [1.82, 2.24) is 5.32 Å². The van der Waals surface area contributed by atoms with E-state index in [0.717, 1.165) is 25.7 Å². The molecule has 7 heteroatoms. The summed E-state index contributed by atoms with van der Waals surface area (Å²) in [4.78, 5) is 12.2. The van der Waals surface area contributed by atoms with Crippen molar-refractivity contribution in [2.24, 2.45) is 11.1 Å². The second kappa shape index (κ2) is 5.75. The van der Waals surface area contributed by atoms with E-state index in [1.54, 1.807) is 0 Å². The molecule has 2 rings (SSSR count). The minimum Gasteiger partial charge on any atom is -0.352 e. The number of rotatable bonds is 3. The van der Waals surface area contributed by atoms with Crippen LogP contribution < -0.4 is 11.1 Å². The smallest absolute Gasteiger partial charge is 0.227 e. The second-order valence-corrected chi connectivity index (χ2v) is 7.49. The fraction of sp³-hybridized carbons (Fsp3) is 0.909. The Hall–Kier alpha value is -0.330. The van der Waals surface area contributed by atoms with Crippen molar-refractivity contribution in [1.29, 1.82) is 0 Å². The minimum absolute atomic E-state index is 0. The van der Waals surface area contributed by atoms with Gasteiger partial charge in [-0.1, -0.05) is 12.8 Å². The van der Waals surface area contributed by atoms with Crippen LogP contribution in [0.15, 0.2) is 0 Å². The average Bonchev–Trinajstić information content (AvgIpc) is 2.86. The van der Waals surface area contributed by atoms with Crippen molar-refractivity contribution in [3.8, 4) is 0 Å². The molecule has 0 radical (unpaired) electrons. The van der Waals surface area contributed by atoms with Gasteiger partial charge in [0.05, 0.1) is 16.9 Å². The third kappa shape index (κ3) is 3.16. The van der Waals surface area contributed by atoms with Crippen LogP contribution in [0.2, 0.25) is 0 Å². The van der Waals surface area contributed by atoms with Crippen LogP contribution in [0, 0.1) is 5.41 Å². The van der Waals surface area contributed by atoms with Crippen LogP contribution in [0.1, 0.15) is 32.1 Å². The van der Waals surface area contributed by atoms with Crippen molar-refractivity contribution < 1.29 is 13.2 Å². The number of amides is 1. The van der Waals surface area contributed by atoms with Gasteiger partial charge >= 0.3 is 0 Å². The monoisotopic (exact) mass is 296 g/mol. The van der Waals surface area contributed by atoms with Crippen LogP contribution in [-0.4, -0.2) is 38.4 Å². The molecule has 1 saturated heterocycles. The zero-order chi connectivity index (χ0) is 12.5. The van der Waals surface area contributed by atoms with E-state index in [9.17, 15) is 13.2 Å². The number of hydrogen-bond acceptors (Lipinski definition) is 4. The van der Waals surface area contributed by atoms with Crippen LogP contribution in [0.25, 0.3) is 0 Å². The number of carbonyl (C=O) groups is 1. The standard InChI is InChI=1S/C11H20N2O3S.ClH/c12-8-11(4-1-2-5-11)10(14)13-9-3-6-17(15,16)7-9;/h9H,1-8,12H2,(H,13,14);1H. The molecule has 0 bridgehead atoms. The second-order valence-electron chi connectivity index (χ2n) is 5.26. The SMILES string of the molecule is Cl.NCC1(C(=O)NC2CCS(=O)(=O)C2)CCCC1. The molecule has 1 amide bonds. The summed E-state index contributed by atoms with van der Waals surface area (Å²) >= 11 is 0. The molecular formula is C11H21ClN2O3S. The molecule has 1 atom stereocenters. The van der Waals surface area contributed by atoms with Crippen molar-refractivity contribution in [3.05, 3.63) is 0 Å². The number of carbonyl (C=O) groups excluding carboxylic acids is 1. The summed E-state index contributed by atoms with van der Waals surface area (Å²) in [5, 5.41) is 2.87. The van der Waals surface area contributed by atoms with Gasteiger partial charge in [0.15, 0.2) is 9.84 Å². The molecule has 1 heterocycles. The molecule has 0 aromatic carbocycles. The van der Waals surface area contributed by atoms with Gasteiger partial charge in [0.2, 0.25) is 5.91 Å². The molecule has 1 aliphatic heterocycles. The summed E-state index contributed by atoms with van der Waals surface area (Å²) in [6, 6.07) is -0.212. The quantitative estimate of drug-likeness (QED) is 0.780. The van der Waals surface area contributed by atoms with Gasteiger partial charge in [0.25, 0.3) is 0 Å². The maximum atomic E-state index is 12.2. The molecule has 106 valence electrons. The van der Waals surface area contributed by atoms with Crippen LogP contribution in [-0.2, 0) is 14.6 Å². The predicted molar refractivity (Wildman–Crippen MR) is 72.4 cm³/mol. The van der Waals surface area contributed by atoms with E-state index in [1.165, 1.54) is 0 Å². The summed E-state index contributed by atoms with van der Waals surface area (Å²) in [7, 11) is -2.94. The lowest BCUT2D eigenvalue weighted by atomic mass is 9.85. The third-order valence-electron chi connectivity index (χ3n) is 4.00. The lowest BCUT2D eigenvalue weighted by Gasteiger charge is -2.27. The zero-order valence-electron chi connectivity index (χ0n) is 10.4. The van der Waals surface area contributed by atoms with Gasteiger partial charge in [-0.05, 0) is 19.3 Å². The predicted octanol–water partition coefficient (Wildman–Crippen LogP) is 0.231. The first-order valence-corrected chi connectivity index (χ1v) is 8.01. The fourth-order valence-electron chi connectivity index (χ4n) is 2.82. The summed E-state index contributed by atoms with van der Waals surface area (Å²) < 4.78 is 22.6. The molecule has 3 N–H and O–H groups in total. The highest BCUT2D eigenvalue weighted by Gasteiger charge is 2.41. The van der Waals surface area contributed by atoms with E-state index >= 15 is 0 Å². The Labute approximate surface area is 114 Å². The van der Waals surface area contributed by atoms with E-state index < -0.39 is 15.3 Å². The average molecular weight is 297 g/mol. The minimum atomic E-state index is -2.94. The number of sulfone groups is 1. The summed E-state index contributed by atoms with van der Waals surface area (Å²) in [6.07, 6.45) is 4.26. The van der Waals surface area contributed by atoms with Gasteiger partial charge in [-0.15, -0.1) is 12.4 Å². The van der Waals surface area contributed by atoms with Gasteiger partial charge in [0.1, 0.15) is 0 Å². The van der Waals surface area contributed by atoms with Crippen molar-refractivity contribution in [2.75, 3.05) is 18.1 Å². The van der Waals surface area contributed by atoms with Crippen LogP contribution in [0.3, 0.4) is 0 Å². The van der Waals surface area contributed by atoms with Crippen LogP contribution >= 0.6 is 12.4 Å². The van der Waals surface area contributed by atoms with Crippen molar-refractivity contribution in [2.45, 2.75) is 38.1 Å². The third-order valence-corrected chi connectivity index (χ3v) is 5.77. The van der Waals surface area contributed by atoms with E-state index in [0.29, 0.717) is 13.0 Å². The molecule has 0 aromatic heterocycles. The molecular weight excluding hydrogens is 276 g/mol. The molecule has 1 aliphatic carbocycles. The van der Waals surface area contributed by atoms with E-state index in [1.807, 2.05) is 0 Å². The summed E-state index contributed by atoms with van der Waals surface area (Å²) in [5.41, 5.74) is 5.28. The Kier molecular flexibility index (Phi) is 5.03. The molecule has 1 unspecified atom stereocenters. The first-order valence-electron chi connectivity index (χ1n) is 6.19. The fourth-order valence-corrected chi connectivity index (χ4v) is 4.50. The van der Waals surface area contributed by atoms with Crippen LogP contribution in [0.5, 0.6) is 0 Å². The largest absolute Gasteiger partial charge is 0.352 e. The topological polar surface area (TPSA) is 89.3 Å². The van der Waals surface area contributed by atoms with Gasteiger partial charge in [-0.25, -0.2) is 8.42 Å². The molecule has 18 heavy (non-hydrogen) atoms. The molecule has 5 nitrogen and oxygen atoms in total. The lowest BCUT2D eigenvalue weighted by molar-refractivity contribution is -0.130. The van der Waals surface area contributed by atoms with Crippen molar-refractivity contribution in [3.63, 3.8) is 0 Å². The highest BCUT2D eigenvalue weighted by molar-refractivity contribution is 7.91. The number of nitrogens with two attached hydrogens (primary N) is 1. The lowest BCUT2D eigenvalue weighted by Crippen LogP contribution is -2.48. The Balaban J connectivity index is 0.00000162. The Morgan fingerprint density at radius 1 is 1.33 bits per heavy atom. The first kappa shape index (κ1) is 15.7. The van der Waals surface area contributed by atoms with Crippen LogP contribution in [0.4, 0.5) is 0 Å². The van der Waals surface area contributed by atoms with Gasteiger partial charge in [0, 0.05) is 12.6 Å². The Bertz CT molecular complexity index is 405. The number of nitrogens with one attached hydrogen (secondary N) is 1. The van der Waals surface area contributed by atoms with Gasteiger partial charge in [-0.3, -0.25) is 4.79 Å². The molecule has 1 saturated carbocycles. The van der Waals surface area contributed by atoms with Gasteiger partial charge in [-0.2, -0.15) is 0 Å². The maximum absolute atomic E-state index is 12.2. The highest BCUT2D eigenvalue weighted by atomic mass is 35.5. The molecule has 2 fully saturated rings. The first-order chi connectivity index (χ1) is 7.97. The van der Waals surface area contributed by atoms with Crippen molar-refractivity contribution >= 4 is 28.2 Å². The highest BCUT2D eigenvalue weighted by Crippen LogP contribution is 2.37. The van der Waals surface area contributed by atoms with Gasteiger partial charge < -0.3 is 11.1 Å².